The maximum absolute atomic E-state index is 3.42. The first kappa shape index (κ1) is 9.75. The lowest BCUT2D eigenvalue weighted by molar-refractivity contribution is 0.321. The van der Waals surface area contributed by atoms with E-state index in [4.69, 9.17) is 0 Å². The summed E-state index contributed by atoms with van der Waals surface area (Å²) < 4.78 is 1.14. The lowest BCUT2D eigenvalue weighted by atomic mass is 10.1. The highest BCUT2D eigenvalue weighted by Gasteiger charge is 2.05. The Balaban J connectivity index is 2.82. The summed E-state index contributed by atoms with van der Waals surface area (Å²) in [7, 11) is 4.18. The fourth-order valence-corrected chi connectivity index (χ4v) is 1.30. The molecular weight excluding hydrogens is 214 g/mol. The first-order chi connectivity index (χ1) is 5.61. The van der Waals surface area contributed by atoms with Crippen molar-refractivity contribution >= 4 is 15.9 Å². The molecule has 0 bridgehead atoms. The topological polar surface area (TPSA) is 3.24 Å². The maximum Gasteiger partial charge on any atom is 0.0313 e. The van der Waals surface area contributed by atoms with E-state index >= 15 is 0 Å². The Hall–Kier alpha value is -0.340. The van der Waals surface area contributed by atoms with Crippen molar-refractivity contribution in [2.45, 2.75) is 13.0 Å². The zero-order valence-corrected chi connectivity index (χ0v) is 9.30. The molecule has 0 amide bonds. The normalized spacial score (nSPS) is 13.4. The van der Waals surface area contributed by atoms with Crippen LogP contribution in [0.15, 0.2) is 28.7 Å². The summed E-state index contributed by atoms with van der Waals surface area (Å²) in [6.45, 7) is 2.20. The largest absolute Gasteiger partial charge is 0.303 e. The molecule has 1 aromatic carbocycles. The summed E-state index contributed by atoms with van der Waals surface area (Å²) in [5.74, 6) is 0. The molecule has 0 saturated carbocycles. The number of hydrogen-bond donors (Lipinski definition) is 0. The lowest BCUT2D eigenvalue weighted by Crippen LogP contribution is -2.16. The van der Waals surface area contributed by atoms with E-state index in [0.29, 0.717) is 6.04 Å². The van der Waals surface area contributed by atoms with Crippen molar-refractivity contribution in [2.24, 2.45) is 0 Å². The van der Waals surface area contributed by atoms with E-state index in [1.54, 1.807) is 0 Å². The van der Waals surface area contributed by atoms with Crippen LogP contribution >= 0.6 is 15.9 Å². The molecule has 0 fully saturated rings. The fraction of sp³-hybridized carbons (Fsp3) is 0.400. The third kappa shape index (κ3) is 2.32. The minimum atomic E-state index is 0.484. The van der Waals surface area contributed by atoms with Crippen LogP contribution in [0.4, 0.5) is 0 Å². The Morgan fingerprint density at radius 3 is 2.08 bits per heavy atom. The van der Waals surface area contributed by atoms with Crippen molar-refractivity contribution in [3.05, 3.63) is 34.3 Å². The smallest absolute Gasteiger partial charge is 0.0313 e. The van der Waals surface area contributed by atoms with Gasteiger partial charge in [0.25, 0.3) is 0 Å². The average Bonchev–Trinajstić information content (AvgIpc) is 2.04. The van der Waals surface area contributed by atoms with E-state index in [1.807, 2.05) is 0 Å². The zero-order chi connectivity index (χ0) is 9.14. The molecule has 0 heterocycles. The second kappa shape index (κ2) is 4.06. The Morgan fingerprint density at radius 1 is 1.17 bits per heavy atom. The Kier molecular flexibility index (Phi) is 3.29. The molecule has 0 radical (unpaired) electrons. The van der Waals surface area contributed by atoms with E-state index in [-0.39, 0.29) is 0 Å². The molecule has 1 nitrogen and oxygen atoms in total. The minimum Gasteiger partial charge on any atom is -0.303 e. The molecule has 1 rings (SSSR count). The van der Waals surface area contributed by atoms with Gasteiger partial charge in [0.15, 0.2) is 0 Å². The molecular formula is C10H14BrN. The van der Waals surface area contributed by atoms with E-state index in [1.165, 1.54) is 5.56 Å². The third-order valence-corrected chi connectivity index (χ3v) is 2.66. The van der Waals surface area contributed by atoms with Gasteiger partial charge in [-0.25, -0.2) is 0 Å². The van der Waals surface area contributed by atoms with E-state index < -0.39 is 0 Å². The van der Waals surface area contributed by atoms with Gasteiger partial charge in [-0.15, -0.1) is 0 Å². The summed E-state index contributed by atoms with van der Waals surface area (Å²) in [4.78, 5) is 2.20. The number of hydrogen-bond acceptors (Lipinski definition) is 1. The number of halogens is 1. The van der Waals surface area contributed by atoms with Crippen LogP contribution in [0, 0.1) is 0 Å². The van der Waals surface area contributed by atoms with Gasteiger partial charge in [0.2, 0.25) is 0 Å². The standard InChI is InChI=1S/C10H14BrN/c1-8(12(2)3)9-4-6-10(11)7-5-9/h4-8H,1-3H3. The monoisotopic (exact) mass is 227 g/mol. The maximum atomic E-state index is 3.42. The molecule has 12 heavy (non-hydrogen) atoms. The Bertz CT molecular complexity index is 241. The summed E-state index contributed by atoms with van der Waals surface area (Å²) in [5, 5.41) is 0. The number of rotatable bonds is 2. The van der Waals surface area contributed by atoms with Crippen molar-refractivity contribution in [1.82, 2.24) is 4.90 Å². The number of nitrogens with zero attached hydrogens (tertiary/aromatic N) is 1. The highest BCUT2D eigenvalue weighted by atomic mass is 79.9. The predicted molar refractivity (Wildman–Crippen MR) is 56.2 cm³/mol. The molecule has 0 aliphatic rings. The second-order valence-corrected chi connectivity index (χ2v) is 4.11. The highest BCUT2D eigenvalue weighted by Crippen LogP contribution is 2.19. The molecule has 0 N–H and O–H groups in total. The highest BCUT2D eigenvalue weighted by molar-refractivity contribution is 9.10. The van der Waals surface area contributed by atoms with E-state index in [0.717, 1.165) is 4.47 Å². The van der Waals surface area contributed by atoms with Gasteiger partial charge in [0.05, 0.1) is 0 Å². The molecule has 2 heteroatoms. The van der Waals surface area contributed by atoms with Crippen molar-refractivity contribution in [2.75, 3.05) is 14.1 Å². The molecule has 1 unspecified atom stereocenters. The molecule has 66 valence electrons. The van der Waals surface area contributed by atoms with Crippen molar-refractivity contribution < 1.29 is 0 Å². The van der Waals surface area contributed by atoms with Gasteiger partial charge < -0.3 is 4.90 Å². The SMILES string of the molecule is CC(c1ccc(Br)cc1)N(C)C. The van der Waals surface area contributed by atoms with E-state index in [9.17, 15) is 0 Å². The van der Waals surface area contributed by atoms with Gasteiger partial charge in [-0.3, -0.25) is 0 Å². The minimum absolute atomic E-state index is 0.484. The van der Waals surface area contributed by atoms with Gasteiger partial charge in [0.1, 0.15) is 0 Å². The van der Waals surface area contributed by atoms with Crippen molar-refractivity contribution in [3.63, 3.8) is 0 Å². The zero-order valence-electron chi connectivity index (χ0n) is 7.71. The summed E-state index contributed by atoms with van der Waals surface area (Å²) in [6, 6.07) is 8.94. The second-order valence-electron chi connectivity index (χ2n) is 3.19. The van der Waals surface area contributed by atoms with Crippen LogP contribution in [0.1, 0.15) is 18.5 Å². The van der Waals surface area contributed by atoms with Crippen molar-refractivity contribution in [1.29, 1.82) is 0 Å². The Morgan fingerprint density at radius 2 is 1.67 bits per heavy atom. The van der Waals surface area contributed by atoms with Crippen molar-refractivity contribution in [3.8, 4) is 0 Å². The summed E-state index contributed by atoms with van der Waals surface area (Å²) in [6.07, 6.45) is 0. The van der Waals surface area contributed by atoms with Gasteiger partial charge in [0, 0.05) is 10.5 Å². The average molecular weight is 228 g/mol. The molecule has 0 aliphatic carbocycles. The molecule has 0 aromatic heterocycles. The van der Waals surface area contributed by atoms with Crippen LogP contribution in [0.5, 0.6) is 0 Å². The lowest BCUT2D eigenvalue weighted by Gasteiger charge is -2.19. The fourth-order valence-electron chi connectivity index (χ4n) is 1.04. The van der Waals surface area contributed by atoms with Crippen LogP contribution in [0.3, 0.4) is 0 Å². The molecule has 1 aromatic rings. The van der Waals surface area contributed by atoms with Gasteiger partial charge >= 0.3 is 0 Å². The number of benzene rings is 1. The molecule has 1 atom stereocenters. The van der Waals surface area contributed by atoms with Crippen LogP contribution in [-0.4, -0.2) is 19.0 Å². The molecule has 0 aliphatic heterocycles. The predicted octanol–water partition coefficient (Wildman–Crippen LogP) is 3.07. The van der Waals surface area contributed by atoms with Crippen LogP contribution < -0.4 is 0 Å². The quantitative estimate of drug-likeness (QED) is 0.751. The first-order valence-corrected chi connectivity index (χ1v) is 4.82. The van der Waals surface area contributed by atoms with Crippen LogP contribution in [-0.2, 0) is 0 Å². The van der Waals surface area contributed by atoms with Gasteiger partial charge in [-0.1, -0.05) is 28.1 Å². The molecule has 0 saturated heterocycles. The van der Waals surface area contributed by atoms with Crippen LogP contribution in [0.2, 0.25) is 0 Å². The van der Waals surface area contributed by atoms with E-state index in [2.05, 4.69) is 66.1 Å². The summed E-state index contributed by atoms with van der Waals surface area (Å²) in [5.41, 5.74) is 1.35. The summed E-state index contributed by atoms with van der Waals surface area (Å²) >= 11 is 3.42. The van der Waals surface area contributed by atoms with Gasteiger partial charge in [-0.05, 0) is 38.7 Å². The Labute approximate surface area is 82.5 Å². The van der Waals surface area contributed by atoms with Gasteiger partial charge in [-0.2, -0.15) is 0 Å². The van der Waals surface area contributed by atoms with Crippen LogP contribution in [0.25, 0.3) is 0 Å². The third-order valence-electron chi connectivity index (χ3n) is 2.13. The molecule has 0 spiro atoms. The first-order valence-electron chi connectivity index (χ1n) is 4.03.